The Morgan fingerprint density at radius 3 is 2.57 bits per heavy atom. The summed E-state index contributed by atoms with van der Waals surface area (Å²) in [5, 5.41) is 10.9. The molecule has 0 saturated heterocycles. The maximum Gasteiger partial charge on any atom is 0.327 e. The Hall–Kier alpha value is -1.54. The third kappa shape index (κ3) is 3.92. The molecule has 0 fully saturated rings. The number of rotatable bonds is 5. The minimum absolute atomic E-state index is 0.0441. The number of carbonyl (C=O) groups is 2. The van der Waals surface area contributed by atoms with Crippen molar-refractivity contribution in [2.45, 2.75) is 31.8 Å². The number of nitrogens with one attached hydrogen (secondary N) is 1. The van der Waals surface area contributed by atoms with Gasteiger partial charge < -0.3 is 16.2 Å². The van der Waals surface area contributed by atoms with Gasteiger partial charge in [-0.05, 0) is 6.42 Å². The van der Waals surface area contributed by atoms with E-state index in [-0.39, 0.29) is 6.42 Å². The molecule has 78 valence electrons. The van der Waals surface area contributed by atoms with E-state index in [1.165, 1.54) is 0 Å². The molecular formula is C9H14N2O3. The fraction of sp³-hybridized carbons (Fsp3) is 0.556. The van der Waals surface area contributed by atoms with Crippen molar-refractivity contribution in [2.24, 2.45) is 5.73 Å². The van der Waals surface area contributed by atoms with Gasteiger partial charge >= 0.3 is 5.97 Å². The number of carboxylic acids is 1. The summed E-state index contributed by atoms with van der Waals surface area (Å²) in [7, 11) is 0. The van der Waals surface area contributed by atoms with Gasteiger partial charge in [0, 0.05) is 6.42 Å². The molecular weight excluding hydrogens is 184 g/mol. The van der Waals surface area contributed by atoms with Gasteiger partial charge in [-0.15, -0.1) is 12.3 Å². The lowest BCUT2D eigenvalue weighted by atomic mass is 10.1. The van der Waals surface area contributed by atoms with E-state index in [1.807, 2.05) is 0 Å². The van der Waals surface area contributed by atoms with Crippen molar-refractivity contribution in [3.63, 3.8) is 0 Å². The molecule has 0 bridgehead atoms. The largest absolute Gasteiger partial charge is 0.480 e. The number of carboxylic acid groups (broad SMARTS) is 1. The molecule has 0 aromatic carbocycles. The average molecular weight is 198 g/mol. The molecule has 4 N–H and O–H groups in total. The SMILES string of the molecule is C#CCC(NC(=O)C(N)CC)C(=O)O. The van der Waals surface area contributed by atoms with Gasteiger partial charge in [0.05, 0.1) is 6.04 Å². The zero-order valence-corrected chi connectivity index (χ0v) is 7.99. The van der Waals surface area contributed by atoms with Crippen LogP contribution in [0.3, 0.4) is 0 Å². The molecule has 0 radical (unpaired) electrons. The third-order valence-corrected chi connectivity index (χ3v) is 1.71. The summed E-state index contributed by atoms with van der Waals surface area (Å²) < 4.78 is 0. The summed E-state index contributed by atoms with van der Waals surface area (Å²) in [4.78, 5) is 21.8. The van der Waals surface area contributed by atoms with E-state index in [2.05, 4.69) is 11.2 Å². The molecule has 5 heteroatoms. The quantitative estimate of drug-likeness (QED) is 0.510. The summed E-state index contributed by atoms with van der Waals surface area (Å²) in [6.07, 6.45) is 5.36. The second-order valence-corrected chi connectivity index (χ2v) is 2.82. The van der Waals surface area contributed by atoms with Crippen molar-refractivity contribution in [1.29, 1.82) is 0 Å². The molecule has 0 spiro atoms. The molecule has 2 atom stereocenters. The third-order valence-electron chi connectivity index (χ3n) is 1.71. The van der Waals surface area contributed by atoms with Gasteiger partial charge in [0.15, 0.2) is 0 Å². The normalized spacial score (nSPS) is 13.8. The zero-order valence-electron chi connectivity index (χ0n) is 7.99. The number of nitrogens with two attached hydrogens (primary N) is 1. The Bertz CT molecular complexity index is 257. The number of carbonyl (C=O) groups excluding carboxylic acids is 1. The van der Waals surface area contributed by atoms with Crippen molar-refractivity contribution >= 4 is 11.9 Å². The first-order chi connectivity index (χ1) is 6.52. The summed E-state index contributed by atoms with van der Waals surface area (Å²) >= 11 is 0. The van der Waals surface area contributed by atoms with Crippen molar-refractivity contribution < 1.29 is 14.7 Å². The van der Waals surface area contributed by atoms with Crippen molar-refractivity contribution in [1.82, 2.24) is 5.32 Å². The topological polar surface area (TPSA) is 92.4 Å². The number of terminal acetylenes is 1. The number of aliphatic carboxylic acids is 1. The number of amides is 1. The predicted octanol–water partition coefficient (Wildman–Crippen LogP) is -0.684. The van der Waals surface area contributed by atoms with Crippen LogP contribution in [0.1, 0.15) is 19.8 Å². The van der Waals surface area contributed by atoms with Crippen LogP contribution in [0.2, 0.25) is 0 Å². The Balaban J connectivity index is 4.24. The van der Waals surface area contributed by atoms with Crippen LogP contribution in [0.4, 0.5) is 0 Å². The minimum Gasteiger partial charge on any atom is -0.480 e. The lowest BCUT2D eigenvalue weighted by Gasteiger charge is -2.14. The lowest BCUT2D eigenvalue weighted by Crippen LogP contribution is -2.48. The van der Waals surface area contributed by atoms with Crippen molar-refractivity contribution in [3.05, 3.63) is 0 Å². The molecule has 1 amide bonds. The minimum atomic E-state index is -1.15. The van der Waals surface area contributed by atoms with E-state index in [0.717, 1.165) is 0 Å². The number of hydrogen-bond donors (Lipinski definition) is 3. The van der Waals surface area contributed by atoms with Crippen LogP contribution in [0, 0.1) is 12.3 Å². The van der Waals surface area contributed by atoms with E-state index in [4.69, 9.17) is 17.3 Å². The van der Waals surface area contributed by atoms with E-state index >= 15 is 0 Å². The lowest BCUT2D eigenvalue weighted by molar-refractivity contribution is -0.141. The molecule has 0 aromatic rings. The Kier molecular flexibility index (Phi) is 5.34. The first-order valence-corrected chi connectivity index (χ1v) is 4.25. The summed E-state index contributed by atoms with van der Waals surface area (Å²) in [6, 6.07) is -1.74. The smallest absolute Gasteiger partial charge is 0.327 e. The van der Waals surface area contributed by atoms with E-state index in [9.17, 15) is 9.59 Å². The second-order valence-electron chi connectivity index (χ2n) is 2.82. The Morgan fingerprint density at radius 1 is 1.64 bits per heavy atom. The van der Waals surface area contributed by atoms with Crippen molar-refractivity contribution in [3.8, 4) is 12.3 Å². The highest BCUT2D eigenvalue weighted by molar-refractivity contribution is 5.86. The molecule has 0 aliphatic heterocycles. The van der Waals surface area contributed by atoms with Gasteiger partial charge in [0.25, 0.3) is 0 Å². The molecule has 0 heterocycles. The molecule has 0 aliphatic rings. The van der Waals surface area contributed by atoms with Gasteiger partial charge in [-0.3, -0.25) is 4.79 Å². The molecule has 0 aromatic heterocycles. The standard InChI is InChI=1S/C9H14N2O3/c1-3-5-7(9(13)14)11-8(12)6(10)4-2/h1,6-7H,4-5,10H2,2H3,(H,11,12)(H,13,14). The maximum absolute atomic E-state index is 11.2. The summed E-state index contributed by atoms with van der Waals surface area (Å²) in [6.45, 7) is 1.74. The molecule has 0 saturated carbocycles. The van der Waals surface area contributed by atoms with Crippen LogP contribution in [0.25, 0.3) is 0 Å². The van der Waals surface area contributed by atoms with Crippen LogP contribution >= 0.6 is 0 Å². The fourth-order valence-corrected chi connectivity index (χ4v) is 0.782. The first kappa shape index (κ1) is 12.5. The highest BCUT2D eigenvalue weighted by Gasteiger charge is 2.21. The van der Waals surface area contributed by atoms with E-state index < -0.39 is 24.0 Å². The first-order valence-electron chi connectivity index (χ1n) is 4.25. The van der Waals surface area contributed by atoms with E-state index in [0.29, 0.717) is 6.42 Å². The van der Waals surface area contributed by atoms with Gasteiger partial charge in [-0.2, -0.15) is 0 Å². The summed E-state index contributed by atoms with van der Waals surface area (Å²) in [5.41, 5.74) is 5.40. The molecule has 14 heavy (non-hydrogen) atoms. The number of hydrogen-bond acceptors (Lipinski definition) is 3. The molecule has 2 unspecified atom stereocenters. The van der Waals surface area contributed by atoms with Gasteiger partial charge in [-0.1, -0.05) is 6.92 Å². The van der Waals surface area contributed by atoms with Crippen LogP contribution < -0.4 is 11.1 Å². The predicted molar refractivity (Wildman–Crippen MR) is 51.3 cm³/mol. The maximum atomic E-state index is 11.2. The molecule has 5 nitrogen and oxygen atoms in total. The highest BCUT2D eigenvalue weighted by Crippen LogP contribution is 1.93. The fourth-order valence-electron chi connectivity index (χ4n) is 0.782. The molecule has 0 rings (SSSR count). The van der Waals surface area contributed by atoms with Crippen LogP contribution in [0.5, 0.6) is 0 Å². The summed E-state index contributed by atoms with van der Waals surface area (Å²) in [5.74, 6) is 0.531. The van der Waals surface area contributed by atoms with Gasteiger partial charge in [0.1, 0.15) is 6.04 Å². The Morgan fingerprint density at radius 2 is 2.21 bits per heavy atom. The van der Waals surface area contributed by atoms with E-state index in [1.54, 1.807) is 6.92 Å². The Labute approximate surface area is 82.7 Å². The van der Waals surface area contributed by atoms with Crippen molar-refractivity contribution in [2.75, 3.05) is 0 Å². The highest BCUT2D eigenvalue weighted by atomic mass is 16.4. The van der Waals surface area contributed by atoms with Crippen LogP contribution in [-0.4, -0.2) is 29.1 Å². The van der Waals surface area contributed by atoms with Gasteiger partial charge in [-0.25, -0.2) is 4.79 Å². The monoisotopic (exact) mass is 198 g/mol. The average Bonchev–Trinajstić information content (AvgIpc) is 2.15. The molecule has 0 aliphatic carbocycles. The van der Waals surface area contributed by atoms with Crippen LogP contribution in [-0.2, 0) is 9.59 Å². The van der Waals surface area contributed by atoms with Crippen LogP contribution in [0.15, 0.2) is 0 Å². The van der Waals surface area contributed by atoms with Gasteiger partial charge in [0.2, 0.25) is 5.91 Å². The zero-order chi connectivity index (χ0) is 11.1. The second kappa shape index (κ2) is 6.00.